The Bertz CT molecular complexity index is 1110. The third-order valence-electron chi connectivity index (χ3n) is 9.65. The van der Waals surface area contributed by atoms with Crippen LogP contribution in [-0.4, -0.2) is 65.3 Å². The van der Waals surface area contributed by atoms with Crippen LogP contribution in [0.2, 0.25) is 0 Å². The van der Waals surface area contributed by atoms with E-state index >= 15 is 0 Å². The van der Waals surface area contributed by atoms with Crippen LogP contribution in [-0.2, 0) is 4.74 Å². The summed E-state index contributed by atoms with van der Waals surface area (Å²) >= 11 is 0. The van der Waals surface area contributed by atoms with Crippen LogP contribution in [0.25, 0.3) is 0 Å². The molecule has 2 fully saturated rings. The molecule has 0 aromatic heterocycles. The number of hydrogen-bond acceptors (Lipinski definition) is 4. The topological polar surface area (TPSA) is 45.1 Å². The molecule has 0 N–H and O–H groups in total. The lowest BCUT2D eigenvalue weighted by molar-refractivity contribution is -0.169. The van der Waals surface area contributed by atoms with E-state index in [0.717, 1.165) is 35.7 Å². The SMILES string of the molecule is CC.CCCCCC/C=C/C1=CC(CC2CCCCC2)=CC(=NCC)/C1=C(\C)N1CCN(C(=O)OC(C)(C)C(F)(F)CC)C[C@@H]1C. The number of ether oxygens (including phenoxy) is 1. The molecule has 1 amide bonds. The molecule has 1 saturated carbocycles. The number of hydrogen-bond donors (Lipinski definition) is 0. The summed E-state index contributed by atoms with van der Waals surface area (Å²) in [7, 11) is 0. The van der Waals surface area contributed by atoms with Gasteiger partial charge in [0.25, 0.3) is 5.92 Å². The van der Waals surface area contributed by atoms with E-state index < -0.39 is 17.6 Å². The van der Waals surface area contributed by atoms with Gasteiger partial charge < -0.3 is 14.5 Å². The lowest BCUT2D eigenvalue weighted by Gasteiger charge is -2.43. The molecular formula is C39H65F2N3O2. The van der Waals surface area contributed by atoms with E-state index in [2.05, 4.69) is 56.9 Å². The third kappa shape index (κ3) is 11.1. The number of piperazine rings is 1. The first-order chi connectivity index (χ1) is 21.9. The van der Waals surface area contributed by atoms with Crippen molar-refractivity contribution >= 4 is 11.8 Å². The van der Waals surface area contributed by atoms with Gasteiger partial charge in [-0.3, -0.25) is 4.99 Å². The normalized spacial score (nSPS) is 22.0. The third-order valence-corrected chi connectivity index (χ3v) is 9.65. The minimum atomic E-state index is -3.09. The summed E-state index contributed by atoms with van der Waals surface area (Å²) in [4.78, 5) is 21.9. The molecule has 1 saturated heterocycles. The predicted molar refractivity (Wildman–Crippen MR) is 191 cm³/mol. The van der Waals surface area contributed by atoms with Crippen molar-refractivity contribution in [2.45, 2.75) is 157 Å². The van der Waals surface area contributed by atoms with Crippen molar-refractivity contribution in [3.8, 4) is 0 Å². The molecule has 3 rings (SSSR count). The van der Waals surface area contributed by atoms with Gasteiger partial charge in [0.05, 0.1) is 5.71 Å². The Balaban J connectivity index is 0.00000361. The number of allylic oxidation sites excluding steroid dienone is 8. The zero-order valence-corrected chi connectivity index (χ0v) is 30.7. The molecule has 5 nitrogen and oxygen atoms in total. The molecule has 3 aliphatic rings. The van der Waals surface area contributed by atoms with Crippen LogP contribution in [0.1, 0.15) is 139 Å². The van der Waals surface area contributed by atoms with E-state index in [1.54, 1.807) is 4.90 Å². The van der Waals surface area contributed by atoms with Crippen molar-refractivity contribution < 1.29 is 18.3 Å². The summed E-state index contributed by atoms with van der Waals surface area (Å²) in [5, 5.41) is 0. The lowest BCUT2D eigenvalue weighted by atomic mass is 9.81. The number of halogens is 2. The largest absolute Gasteiger partial charge is 0.437 e. The number of aliphatic imine (C=N–C) groups is 1. The summed E-state index contributed by atoms with van der Waals surface area (Å²) in [5.74, 6) is -2.35. The summed E-state index contributed by atoms with van der Waals surface area (Å²) in [6, 6.07) is -0.00615. The fourth-order valence-electron chi connectivity index (χ4n) is 6.82. The van der Waals surface area contributed by atoms with Crippen molar-refractivity contribution in [3.05, 3.63) is 46.7 Å². The van der Waals surface area contributed by atoms with Crippen LogP contribution in [0.5, 0.6) is 0 Å². The summed E-state index contributed by atoms with van der Waals surface area (Å²) in [6.45, 7) is 18.7. The summed E-state index contributed by atoms with van der Waals surface area (Å²) in [6.07, 6.45) is 22.1. The first kappa shape index (κ1) is 39.7. The second-order valence-corrected chi connectivity index (χ2v) is 13.5. The van der Waals surface area contributed by atoms with Gasteiger partial charge in [0.1, 0.15) is 0 Å². The molecule has 46 heavy (non-hydrogen) atoms. The van der Waals surface area contributed by atoms with Gasteiger partial charge >= 0.3 is 6.09 Å². The van der Waals surface area contributed by atoms with Crippen LogP contribution in [0.4, 0.5) is 13.6 Å². The Hall–Kier alpha value is -2.44. The molecule has 1 aliphatic heterocycles. The van der Waals surface area contributed by atoms with E-state index in [-0.39, 0.29) is 12.5 Å². The van der Waals surface area contributed by atoms with Crippen LogP contribution in [0, 0.1) is 5.92 Å². The van der Waals surface area contributed by atoms with Gasteiger partial charge in [0.15, 0.2) is 5.60 Å². The van der Waals surface area contributed by atoms with Gasteiger partial charge in [-0.1, -0.05) is 97.3 Å². The highest BCUT2D eigenvalue weighted by molar-refractivity contribution is 6.14. The van der Waals surface area contributed by atoms with E-state index in [1.807, 2.05) is 13.8 Å². The minimum absolute atomic E-state index is 0.00615. The average molecular weight is 646 g/mol. The zero-order chi connectivity index (χ0) is 34.3. The Morgan fingerprint density at radius 2 is 1.74 bits per heavy atom. The van der Waals surface area contributed by atoms with Gasteiger partial charge in [0.2, 0.25) is 0 Å². The Morgan fingerprint density at radius 1 is 1.04 bits per heavy atom. The maximum Gasteiger partial charge on any atom is 0.410 e. The smallest absolute Gasteiger partial charge is 0.410 e. The van der Waals surface area contributed by atoms with Crippen molar-refractivity contribution in [1.82, 2.24) is 9.80 Å². The standard InChI is InChI=1S/C37H59F2N3O2.C2H6/c1-8-11-12-13-14-18-21-32-25-31(24-30-19-16-15-17-20-30)26-33(40-10-3)34(32)29(5)42-23-22-41(27-28(42)4)35(43)44-36(6,7)37(38,39)9-2;1-2/h18,21,25-26,28,30H,8-17,19-20,22-24,27H2,1-7H3;1-2H3/b21-18+,34-29+,40-33?;/t28-;/m0./s1. The quantitative estimate of drug-likeness (QED) is 0.187. The van der Waals surface area contributed by atoms with Gasteiger partial charge in [0, 0.05) is 49.9 Å². The van der Waals surface area contributed by atoms with Crippen LogP contribution in [0.3, 0.4) is 0 Å². The highest BCUT2D eigenvalue weighted by atomic mass is 19.3. The van der Waals surface area contributed by atoms with Gasteiger partial charge in [-0.15, -0.1) is 0 Å². The number of rotatable bonds is 13. The summed E-state index contributed by atoms with van der Waals surface area (Å²) < 4.78 is 34.2. The Kier molecular flexibility index (Phi) is 16.8. The molecule has 7 heteroatoms. The Labute approximate surface area is 280 Å². The van der Waals surface area contributed by atoms with E-state index in [9.17, 15) is 13.6 Å². The maximum absolute atomic E-state index is 14.4. The maximum atomic E-state index is 14.4. The van der Waals surface area contributed by atoms with Gasteiger partial charge in [-0.25, -0.2) is 13.6 Å². The van der Waals surface area contributed by atoms with Gasteiger partial charge in [-0.05, 0) is 77.0 Å². The molecular weight excluding hydrogens is 580 g/mol. The monoisotopic (exact) mass is 646 g/mol. The molecule has 0 spiro atoms. The number of unbranched alkanes of at least 4 members (excludes halogenated alkanes) is 4. The molecule has 1 heterocycles. The zero-order valence-electron chi connectivity index (χ0n) is 30.7. The second-order valence-electron chi connectivity index (χ2n) is 13.5. The lowest BCUT2D eigenvalue weighted by Crippen LogP contribution is -2.55. The number of carbonyl (C=O) groups excluding carboxylic acids is 1. The highest BCUT2D eigenvalue weighted by Gasteiger charge is 2.49. The predicted octanol–water partition coefficient (Wildman–Crippen LogP) is 11.1. The molecule has 262 valence electrons. The molecule has 2 aliphatic carbocycles. The molecule has 0 bridgehead atoms. The van der Waals surface area contributed by atoms with Crippen LogP contribution < -0.4 is 0 Å². The molecule has 1 atom stereocenters. The number of amides is 1. The molecule has 0 aromatic carbocycles. The average Bonchev–Trinajstić information content (AvgIpc) is 3.03. The van der Waals surface area contributed by atoms with Crippen molar-refractivity contribution in [2.75, 3.05) is 26.2 Å². The minimum Gasteiger partial charge on any atom is -0.437 e. The first-order valence-electron chi connectivity index (χ1n) is 18.4. The highest BCUT2D eigenvalue weighted by Crippen LogP contribution is 2.37. The number of nitrogens with zero attached hydrogens (tertiary/aromatic N) is 3. The first-order valence-corrected chi connectivity index (χ1v) is 18.4. The van der Waals surface area contributed by atoms with Crippen molar-refractivity contribution in [3.63, 3.8) is 0 Å². The number of alkyl halides is 2. The van der Waals surface area contributed by atoms with E-state index in [4.69, 9.17) is 9.73 Å². The molecule has 0 radical (unpaired) electrons. The molecule has 0 aromatic rings. The van der Waals surface area contributed by atoms with Crippen LogP contribution >= 0.6 is 0 Å². The number of carbonyl (C=O) groups is 1. The van der Waals surface area contributed by atoms with Crippen molar-refractivity contribution in [1.29, 1.82) is 0 Å². The Morgan fingerprint density at radius 3 is 2.35 bits per heavy atom. The van der Waals surface area contributed by atoms with Crippen LogP contribution in [0.15, 0.2) is 51.7 Å². The van der Waals surface area contributed by atoms with E-state index in [0.29, 0.717) is 26.2 Å². The molecule has 0 unspecified atom stereocenters. The van der Waals surface area contributed by atoms with Crippen molar-refractivity contribution in [2.24, 2.45) is 10.9 Å². The fourth-order valence-corrected chi connectivity index (χ4v) is 6.82. The van der Waals surface area contributed by atoms with Gasteiger partial charge in [-0.2, -0.15) is 0 Å². The van der Waals surface area contributed by atoms with E-state index in [1.165, 1.54) is 89.7 Å². The second kappa shape index (κ2) is 19.4. The fraction of sp³-hybridized carbons (Fsp3) is 0.744. The summed E-state index contributed by atoms with van der Waals surface area (Å²) in [5.41, 5.74) is 4.08.